The van der Waals surface area contributed by atoms with Crippen molar-refractivity contribution in [2.24, 2.45) is 118 Å². The number of non-ortho nitro benzene ring substituents is 2. The predicted molar refractivity (Wildman–Crippen MR) is 489 cm³/mol. The van der Waals surface area contributed by atoms with Gasteiger partial charge in [0.15, 0.2) is 29.1 Å². The summed E-state index contributed by atoms with van der Waals surface area (Å²) in [4.78, 5) is 44.2. The van der Waals surface area contributed by atoms with Crippen LogP contribution in [0.5, 0.6) is 11.5 Å². The van der Waals surface area contributed by atoms with E-state index in [0.717, 1.165) is 183 Å². The van der Waals surface area contributed by atoms with E-state index in [-0.39, 0.29) is 18.5 Å². The third kappa shape index (κ3) is 24.9. The molecule has 656 valence electrons. The first-order valence-electron chi connectivity index (χ1n) is 44.8. The third-order valence-corrected chi connectivity index (χ3v) is 28.0. The van der Waals surface area contributed by atoms with Crippen molar-refractivity contribution in [3.63, 3.8) is 0 Å². The van der Waals surface area contributed by atoms with Crippen molar-refractivity contribution in [1.82, 2.24) is 75.9 Å². The van der Waals surface area contributed by atoms with Gasteiger partial charge in [0.25, 0.3) is 11.4 Å². The highest BCUT2D eigenvalue weighted by Gasteiger charge is 2.38. The number of ether oxygens (including phenoxy) is 2. The van der Waals surface area contributed by atoms with Crippen molar-refractivity contribution in [2.45, 2.75) is 226 Å². The number of aromatic nitrogens is 15. The van der Waals surface area contributed by atoms with Gasteiger partial charge in [0.1, 0.15) is 40.6 Å². The van der Waals surface area contributed by atoms with Crippen LogP contribution < -0.4 is 9.47 Å². The van der Waals surface area contributed by atoms with Gasteiger partial charge < -0.3 is 9.47 Å². The van der Waals surface area contributed by atoms with Crippen molar-refractivity contribution in [1.29, 1.82) is 0 Å². The third-order valence-electron chi connectivity index (χ3n) is 27.8. The predicted octanol–water partition coefficient (Wildman–Crippen LogP) is 24.9. The Kier molecular flexibility index (Phi) is 32.9. The monoisotopic (exact) mass is 1670 g/mol. The van der Waals surface area contributed by atoms with Gasteiger partial charge in [-0.25, -0.2) is 24.9 Å². The lowest BCUT2D eigenvalue weighted by Crippen LogP contribution is -2.33. The quantitative estimate of drug-likeness (QED) is 0.0293. The van der Waals surface area contributed by atoms with E-state index in [1.54, 1.807) is 31.4 Å². The standard InChI is InChI=1S/C21H30ClN3.C20H29N3O.C19H26N4O2.C19H27N3O.C17H22N4O2.5H2/c1-5-13(2)17-9-14(3)19(15(4)10-17)12-20-23-21(25-24-20)16-7-6-8-18(22)11-16;1-5-24-17-8-6-7-16(11-17)20-21-19(22-23-20)12-18-14(3)9-13(2)10-15(18)4;1-4-14-8-12(2)17(13(3)9-14)11-18-20-19(22-21-18)15-6-5-7-16(10-15)23(24)25;1-12-9-13(2)17(14(3)10-12)11-18-20-19(22-21-18)15-5-7-16(23-4)8-6-15;1-11-4-3-5-12(2)15(11)10-16-18-17(20-19-16)13-6-8-14(9-7-13)21(22)23;;;;;/h6-8,11,13-15,17,19H,5,9-10,12H2,1-4H3,(H,23,24,25);6-8,11,13-15,18H,5,9-10,12H2,1-4H3,(H,21,22,23);5-7,10,12-14,17H,4,8-9,11H2,1-3H3,(H,20,21,22);5-8,12-14,17H,9-11H2,1-4H3,(H,20,21,22);6-9,11-12,15H,3-5,10H2,1-2H3,(H,18,19,20);5*1H. The summed E-state index contributed by atoms with van der Waals surface area (Å²) >= 11 is 6.08. The Morgan fingerprint density at radius 1 is 0.417 bits per heavy atom. The molecule has 24 heteroatoms. The Labute approximate surface area is 724 Å². The van der Waals surface area contributed by atoms with Crippen LogP contribution in [0.25, 0.3) is 56.9 Å². The first kappa shape index (κ1) is 91.2. The van der Waals surface area contributed by atoms with Gasteiger partial charge in [-0.1, -0.05) is 184 Å². The number of nitro benzene ring substituents is 2. The molecule has 5 fully saturated rings. The summed E-state index contributed by atoms with van der Waals surface area (Å²) in [5, 5.41) is 59.6. The van der Waals surface area contributed by atoms with Crippen LogP contribution in [0.1, 0.15) is 231 Å². The molecule has 5 N–H and O–H groups in total. The molecular formula is C96H144ClN17O6. The van der Waals surface area contributed by atoms with Gasteiger partial charge in [-0.15, -0.1) is 0 Å². The highest BCUT2D eigenvalue weighted by molar-refractivity contribution is 6.30. The molecule has 0 saturated heterocycles. The lowest BCUT2D eigenvalue weighted by molar-refractivity contribution is -0.385. The largest absolute Gasteiger partial charge is 0.497 e. The van der Waals surface area contributed by atoms with E-state index >= 15 is 0 Å². The van der Waals surface area contributed by atoms with Gasteiger partial charge in [0.05, 0.1) is 23.6 Å². The summed E-state index contributed by atoms with van der Waals surface area (Å²) in [6.45, 7) is 38.2. The fourth-order valence-corrected chi connectivity index (χ4v) is 21.1. The summed E-state index contributed by atoms with van der Waals surface area (Å²) in [5.41, 5.74) is 4.60. The molecule has 5 aliphatic carbocycles. The molecule has 23 nitrogen and oxygen atoms in total. The van der Waals surface area contributed by atoms with Gasteiger partial charge >= 0.3 is 0 Å². The Morgan fingerprint density at radius 3 is 1.14 bits per heavy atom. The molecule has 0 radical (unpaired) electrons. The Bertz CT molecular complexity index is 4780. The van der Waals surface area contributed by atoms with E-state index in [1.807, 2.05) is 79.7 Å². The van der Waals surface area contributed by atoms with Crippen LogP contribution in [0.2, 0.25) is 5.02 Å². The summed E-state index contributed by atoms with van der Waals surface area (Å²) in [6, 6.07) is 36.4. The molecule has 5 saturated carbocycles. The molecule has 0 amide bonds. The van der Waals surface area contributed by atoms with Gasteiger partial charge in [0.2, 0.25) is 0 Å². The number of H-pyrrole nitrogens is 5. The number of rotatable bonds is 23. The van der Waals surface area contributed by atoms with E-state index in [1.165, 1.54) is 108 Å². The zero-order valence-electron chi connectivity index (χ0n) is 74.2. The van der Waals surface area contributed by atoms with Crippen molar-refractivity contribution in [3.05, 3.63) is 176 Å². The second-order valence-electron chi connectivity index (χ2n) is 36.9. The average Bonchev–Trinajstić information content (AvgIpc) is 1.82. The maximum atomic E-state index is 10.9. The lowest BCUT2D eigenvalue weighted by atomic mass is 9.64. The molecule has 0 bridgehead atoms. The molecule has 11 unspecified atom stereocenters. The Morgan fingerprint density at radius 2 is 0.767 bits per heavy atom. The number of halogens is 1. The molecule has 5 heterocycles. The van der Waals surface area contributed by atoms with Crippen molar-refractivity contribution >= 4 is 23.0 Å². The second-order valence-corrected chi connectivity index (χ2v) is 37.3. The summed E-state index contributed by atoms with van der Waals surface area (Å²) in [6.07, 6.45) is 21.8. The van der Waals surface area contributed by atoms with Crippen LogP contribution in [0.15, 0.2) is 121 Å². The highest BCUT2D eigenvalue weighted by Crippen LogP contribution is 2.46. The minimum absolute atomic E-state index is 0. The van der Waals surface area contributed by atoms with Crippen LogP contribution in [0.4, 0.5) is 11.4 Å². The van der Waals surface area contributed by atoms with Crippen LogP contribution >= 0.6 is 11.6 Å². The molecule has 0 spiro atoms. The molecule has 11 atom stereocenters. The van der Waals surface area contributed by atoms with E-state index < -0.39 is 9.85 Å². The number of nitro groups is 2. The van der Waals surface area contributed by atoms with Gasteiger partial charge in [-0.3, -0.25) is 45.7 Å². The van der Waals surface area contributed by atoms with Gasteiger partial charge in [-0.05, 0) is 237 Å². The molecule has 5 aromatic heterocycles. The topological polar surface area (TPSA) is 313 Å². The number of methoxy groups -OCH3 is 1. The van der Waals surface area contributed by atoms with Crippen molar-refractivity contribution in [3.8, 4) is 68.4 Å². The van der Waals surface area contributed by atoms with E-state index in [2.05, 4.69) is 165 Å². The fraction of sp³-hybridized carbons (Fsp3) is 0.583. The maximum absolute atomic E-state index is 10.9. The number of nitrogens with one attached hydrogen (secondary N) is 5. The highest BCUT2D eigenvalue weighted by atomic mass is 35.5. The Balaban J connectivity index is 0.000000239. The minimum atomic E-state index is -0.404. The van der Waals surface area contributed by atoms with Gasteiger partial charge in [0, 0.05) is 96.3 Å². The zero-order chi connectivity index (χ0) is 85.8. The number of nitrogens with zero attached hydrogens (tertiary/aromatic N) is 12. The van der Waals surface area contributed by atoms with Crippen LogP contribution in [-0.4, -0.2) is 99.5 Å². The number of hydrogen-bond acceptors (Lipinski definition) is 16. The molecule has 5 aliphatic rings. The smallest absolute Gasteiger partial charge is 0.270 e. The first-order chi connectivity index (χ1) is 57.6. The summed E-state index contributed by atoms with van der Waals surface area (Å²) < 4.78 is 10.8. The summed E-state index contributed by atoms with van der Waals surface area (Å²) in [7, 11) is 1.67. The normalized spacial score (nSPS) is 26.8. The molecule has 120 heavy (non-hydrogen) atoms. The maximum Gasteiger partial charge on any atom is 0.270 e. The molecule has 5 aromatic carbocycles. The lowest BCUT2D eigenvalue weighted by Gasteiger charge is -2.41. The molecular weight excluding hydrogens is 1520 g/mol. The fourth-order valence-electron chi connectivity index (χ4n) is 20.9. The molecule has 10 aromatic rings. The van der Waals surface area contributed by atoms with E-state index in [0.29, 0.717) is 77.1 Å². The second kappa shape index (κ2) is 43.3. The van der Waals surface area contributed by atoms with E-state index in [4.69, 9.17) is 36.0 Å². The zero-order valence-corrected chi connectivity index (χ0v) is 75.0. The number of benzene rings is 5. The van der Waals surface area contributed by atoms with Crippen LogP contribution in [0, 0.1) is 139 Å². The van der Waals surface area contributed by atoms with Crippen molar-refractivity contribution in [2.75, 3.05) is 13.7 Å². The number of aromatic amines is 5. The first-order valence-corrected chi connectivity index (χ1v) is 45.2. The minimum Gasteiger partial charge on any atom is -0.497 e. The average molecular weight is 1670 g/mol. The number of hydrogen-bond donors (Lipinski definition) is 5. The summed E-state index contributed by atoms with van der Waals surface area (Å²) in [5.74, 6) is 24.8. The Hall–Kier alpha value is -9.51. The van der Waals surface area contributed by atoms with Crippen molar-refractivity contribution < 1.29 is 26.5 Å². The van der Waals surface area contributed by atoms with Crippen LogP contribution in [-0.2, 0) is 32.1 Å². The molecule has 15 rings (SSSR count). The van der Waals surface area contributed by atoms with Crippen LogP contribution in [0.3, 0.4) is 0 Å². The SMILES string of the molecule is CC1CCCC(C)C1Cc1nc(-c2ccc([N+](=O)[O-])cc2)n[nH]1.CCC(C)C1CC(C)C(Cc2nc(-c3cccc(Cl)c3)n[nH]2)C(C)C1.CCC1CC(C)C(Cc2nc(-c3cccc([N+](=O)[O-])c3)n[nH]2)C(C)C1.CCOc1cccc(-c2n[nH]c(CC3C(C)CC(C)CC3C)n2)c1.COc1ccc(-c2n[nH]c(CC3C(C)CC(C)CC3C)n2)cc1.[HH].[HH].[HH].[HH].[HH]. The van der Waals surface area contributed by atoms with Gasteiger partial charge in [-0.2, -0.15) is 25.5 Å². The van der Waals surface area contributed by atoms with E-state index in [9.17, 15) is 20.2 Å². The molecule has 0 aliphatic heterocycles.